The van der Waals surface area contributed by atoms with Gasteiger partial charge in [-0.3, -0.25) is 4.79 Å². The third-order valence-electron chi connectivity index (χ3n) is 7.08. The Morgan fingerprint density at radius 2 is 1.84 bits per heavy atom. The van der Waals surface area contributed by atoms with E-state index in [2.05, 4.69) is 15.9 Å². The van der Waals surface area contributed by atoms with Crippen LogP contribution in [0.2, 0.25) is 0 Å². The molecule has 0 saturated carbocycles. The van der Waals surface area contributed by atoms with E-state index in [4.69, 9.17) is 9.47 Å². The standard InChI is InChI=1S/C28H31BrN2O5S/c1-19(2)30(27(32)21-7-5-4-6-8-21)17-22-18-35-28(36-22)24-15-16-31(25(24)13-14-26(28)29)37(33,34)23-11-9-20(3)10-12-23/h4-12,15-16,19,22,26H,13-14,17-18H2,1-3H3. The maximum atomic E-state index is 13.5. The molecule has 1 amide bonds. The molecule has 1 saturated heterocycles. The number of hydrogen-bond donors (Lipinski definition) is 0. The van der Waals surface area contributed by atoms with Crippen LogP contribution in [-0.4, -0.2) is 53.3 Å². The lowest BCUT2D eigenvalue weighted by Crippen LogP contribution is -2.45. The van der Waals surface area contributed by atoms with E-state index in [1.807, 2.05) is 51.1 Å². The fourth-order valence-electron chi connectivity index (χ4n) is 5.10. The van der Waals surface area contributed by atoms with Crippen LogP contribution < -0.4 is 0 Å². The molecule has 37 heavy (non-hydrogen) atoms. The second-order valence-corrected chi connectivity index (χ2v) is 12.9. The van der Waals surface area contributed by atoms with Crippen molar-refractivity contribution in [3.63, 3.8) is 0 Å². The molecule has 0 N–H and O–H groups in total. The molecule has 7 nitrogen and oxygen atoms in total. The molecule has 1 aromatic heterocycles. The molecular formula is C28H31BrN2O5S. The molecule has 1 aliphatic carbocycles. The van der Waals surface area contributed by atoms with E-state index in [-0.39, 0.29) is 27.8 Å². The van der Waals surface area contributed by atoms with Gasteiger partial charge in [0.15, 0.2) is 0 Å². The van der Waals surface area contributed by atoms with Crippen LogP contribution in [0.1, 0.15) is 47.4 Å². The summed E-state index contributed by atoms with van der Waals surface area (Å²) in [5.74, 6) is -1.18. The summed E-state index contributed by atoms with van der Waals surface area (Å²) in [6, 6.07) is 17.8. The zero-order chi connectivity index (χ0) is 26.4. The molecule has 196 valence electrons. The van der Waals surface area contributed by atoms with E-state index in [9.17, 15) is 13.2 Å². The largest absolute Gasteiger partial charge is 0.342 e. The number of aromatic nitrogens is 1. The number of benzene rings is 2. The highest BCUT2D eigenvalue weighted by molar-refractivity contribution is 9.09. The van der Waals surface area contributed by atoms with E-state index < -0.39 is 15.8 Å². The van der Waals surface area contributed by atoms with Gasteiger partial charge in [0.1, 0.15) is 6.10 Å². The van der Waals surface area contributed by atoms with Crippen molar-refractivity contribution < 1.29 is 22.7 Å². The van der Waals surface area contributed by atoms with Gasteiger partial charge in [-0.25, -0.2) is 12.4 Å². The summed E-state index contributed by atoms with van der Waals surface area (Å²) in [5.41, 5.74) is 3.00. The van der Waals surface area contributed by atoms with Crippen molar-refractivity contribution in [2.45, 2.75) is 61.3 Å². The molecule has 0 bridgehead atoms. The maximum absolute atomic E-state index is 13.5. The lowest BCUT2D eigenvalue weighted by molar-refractivity contribution is -0.181. The molecule has 2 aliphatic rings. The average molecular weight is 588 g/mol. The van der Waals surface area contributed by atoms with Crippen molar-refractivity contribution >= 4 is 31.9 Å². The van der Waals surface area contributed by atoms with Crippen molar-refractivity contribution in [3.8, 4) is 0 Å². The van der Waals surface area contributed by atoms with Gasteiger partial charge in [0.2, 0.25) is 5.79 Å². The number of carbonyl (C=O) groups excluding carboxylic acids is 1. The molecule has 0 radical (unpaired) electrons. The van der Waals surface area contributed by atoms with Crippen molar-refractivity contribution in [1.82, 2.24) is 8.87 Å². The summed E-state index contributed by atoms with van der Waals surface area (Å²) in [5, 5.41) is 0. The summed E-state index contributed by atoms with van der Waals surface area (Å²) in [6.07, 6.45) is 2.43. The monoisotopic (exact) mass is 586 g/mol. The first kappa shape index (κ1) is 26.2. The Morgan fingerprint density at radius 3 is 2.51 bits per heavy atom. The Kier molecular flexibility index (Phi) is 7.08. The number of carbonyl (C=O) groups is 1. The fraction of sp³-hybridized carbons (Fsp3) is 0.393. The van der Waals surface area contributed by atoms with E-state index in [1.54, 1.807) is 41.4 Å². The van der Waals surface area contributed by atoms with Crippen molar-refractivity contribution in [2.75, 3.05) is 13.2 Å². The molecule has 5 rings (SSSR count). The Morgan fingerprint density at radius 1 is 1.14 bits per heavy atom. The fourth-order valence-corrected chi connectivity index (χ4v) is 7.23. The number of amides is 1. The Balaban J connectivity index is 1.42. The second-order valence-electron chi connectivity index (χ2n) is 9.93. The van der Waals surface area contributed by atoms with Gasteiger partial charge in [0, 0.05) is 35.6 Å². The van der Waals surface area contributed by atoms with Crippen LogP contribution in [0.5, 0.6) is 0 Å². The Bertz CT molecular complexity index is 1390. The first-order valence-electron chi connectivity index (χ1n) is 12.5. The van der Waals surface area contributed by atoms with E-state index in [0.29, 0.717) is 42.8 Å². The van der Waals surface area contributed by atoms with Crippen LogP contribution in [0.25, 0.3) is 0 Å². The van der Waals surface area contributed by atoms with Gasteiger partial charge in [-0.15, -0.1) is 0 Å². The van der Waals surface area contributed by atoms with Crippen LogP contribution in [0, 0.1) is 6.92 Å². The van der Waals surface area contributed by atoms with Crippen LogP contribution in [0.15, 0.2) is 71.8 Å². The highest BCUT2D eigenvalue weighted by atomic mass is 79.9. The number of halogens is 1. The number of rotatable bonds is 6. The number of alkyl halides is 1. The number of fused-ring (bicyclic) bond motifs is 2. The predicted octanol–water partition coefficient (Wildman–Crippen LogP) is 4.86. The molecule has 3 unspecified atom stereocenters. The minimum absolute atomic E-state index is 0.0322. The van der Waals surface area contributed by atoms with Gasteiger partial charge in [-0.2, -0.15) is 0 Å². The van der Waals surface area contributed by atoms with Gasteiger partial charge >= 0.3 is 0 Å². The number of ether oxygens (including phenoxy) is 2. The van der Waals surface area contributed by atoms with Crippen molar-refractivity contribution in [1.29, 1.82) is 0 Å². The van der Waals surface area contributed by atoms with E-state index in [0.717, 1.165) is 5.56 Å². The summed E-state index contributed by atoms with van der Waals surface area (Å²) in [4.78, 5) is 15.1. The third-order valence-corrected chi connectivity index (χ3v) is 9.87. The zero-order valence-electron chi connectivity index (χ0n) is 21.1. The topological polar surface area (TPSA) is 77.8 Å². The molecule has 9 heteroatoms. The van der Waals surface area contributed by atoms with Gasteiger partial charge in [0.25, 0.3) is 15.9 Å². The van der Waals surface area contributed by atoms with Crippen molar-refractivity contribution in [2.24, 2.45) is 0 Å². The Hall–Kier alpha value is -2.46. The molecule has 2 aromatic carbocycles. The minimum atomic E-state index is -3.77. The summed E-state index contributed by atoms with van der Waals surface area (Å²) < 4.78 is 41.2. The molecule has 3 aromatic rings. The highest BCUT2D eigenvalue weighted by Gasteiger charge is 2.53. The number of nitrogens with zero attached hydrogens (tertiary/aromatic N) is 2. The van der Waals surface area contributed by atoms with Gasteiger partial charge in [-0.05, 0) is 63.9 Å². The predicted molar refractivity (Wildman–Crippen MR) is 144 cm³/mol. The van der Waals surface area contributed by atoms with Crippen LogP contribution in [0.3, 0.4) is 0 Å². The van der Waals surface area contributed by atoms with Gasteiger partial charge < -0.3 is 14.4 Å². The summed E-state index contributed by atoms with van der Waals surface area (Å²) in [7, 11) is -3.77. The maximum Gasteiger partial charge on any atom is 0.267 e. The van der Waals surface area contributed by atoms with Gasteiger partial charge in [-0.1, -0.05) is 51.8 Å². The molecule has 3 atom stereocenters. The molecular weight excluding hydrogens is 556 g/mol. The summed E-state index contributed by atoms with van der Waals surface area (Å²) in [6.45, 7) is 6.54. The van der Waals surface area contributed by atoms with E-state index >= 15 is 0 Å². The van der Waals surface area contributed by atoms with Crippen molar-refractivity contribution in [3.05, 3.63) is 89.2 Å². The van der Waals surface area contributed by atoms with Crippen LogP contribution in [0.4, 0.5) is 0 Å². The zero-order valence-corrected chi connectivity index (χ0v) is 23.5. The normalized spacial score (nSPS) is 23.4. The SMILES string of the molecule is Cc1ccc(S(=O)(=O)n2ccc3c2CCC(Br)C32OCC(CN(C(=O)c3ccccc3)C(C)C)O2)cc1. The quantitative estimate of drug-likeness (QED) is 0.385. The van der Waals surface area contributed by atoms with Crippen LogP contribution in [-0.2, 0) is 31.7 Å². The molecule has 1 spiro atoms. The van der Waals surface area contributed by atoms with Crippen LogP contribution >= 0.6 is 15.9 Å². The number of hydrogen-bond acceptors (Lipinski definition) is 5. The highest BCUT2D eigenvalue weighted by Crippen LogP contribution is 2.48. The van der Waals surface area contributed by atoms with Gasteiger partial charge in [0.05, 0.1) is 16.3 Å². The van der Waals surface area contributed by atoms with E-state index in [1.165, 1.54) is 3.97 Å². The lowest BCUT2D eigenvalue weighted by atomic mass is 9.91. The molecule has 1 aliphatic heterocycles. The summed E-state index contributed by atoms with van der Waals surface area (Å²) >= 11 is 3.75. The molecule has 1 fully saturated rings. The second kappa shape index (κ2) is 10.0. The first-order valence-corrected chi connectivity index (χ1v) is 14.8. The average Bonchev–Trinajstić information content (AvgIpc) is 3.51. The molecule has 2 heterocycles. The lowest BCUT2D eigenvalue weighted by Gasteiger charge is -2.37. The minimum Gasteiger partial charge on any atom is -0.342 e. The first-order chi connectivity index (χ1) is 17.6. The third kappa shape index (κ3) is 4.67. The smallest absolute Gasteiger partial charge is 0.267 e. The Labute approximate surface area is 226 Å². The number of aryl methyl sites for hydroxylation is 1.